The zero-order chi connectivity index (χ0) is 17.7. The van der Waals surface area contributed by atoms with E-state index in [1.165, 1.54) is 5.56 Å². The number of rotatable bonds is 7. The molecule has 0 bridgehead atoms. The van der Waals surface area contributed by atoms with E-state index in [1.807, 2.05) is 50.2 Å². The van der Waals surface area contributed by atoms with Gasteiger partial charge in [-0.15, -0.1) is 0 Å². The molecule has 2 aromatic rings. The van der Waals surface area contributed by atoms with Gasteiger partial charge in [-0.25, -0.2) is 0 Å². The van der Waals surface area contributed by atoms with Gasteiger partial charge in [0.2, 0.25) is 0 Å². The molecule has 0 saturated carbocycles. The summed E-state index contributed by atoms with van der Waals surface area (Å²) >= 11 is 0. The van der Waals surface area contributed by atoms with Crippen molar-refractivity contribution in [2.45, 2.75) is 38.4 Å². The highest BCUT2D eigenvalue weighted by atomic mass is 16.8. The third kappa shape index (κ3) is 4.89. The van der Waals surface area contributed by atoms with Gasteiger partial charge >= 0.3 is 0 Å². The molecule has 0 aliphatic carbocycles. The minimum atomic E-state index is -0.608. The summed E-state index contributed by atoms with van der Waals surface area (Å²) in [6.07, 6.45) is -0.180. The average Bonchev–Trinajstić information content (AvgIpc) is 2.91. The smallest absolute Gasteiger partial charge is 0.164 e. The summed E-state index contributed by atoms with van der Waals surface area (Å²) in [5, 5.41) is 9.46. The van der Waals surface area contributed by atoms with Crippen LogP contribution in [0.15, 0.2) is 60.7 Å². The molecule has 4 nitrogen and oxygen atoms in total. The zero-order valence-corrected chi connectivity index (χ0v) is 15.0. The Bertz CT molecular complexity index is 645. The standard InChI is InChI=1S/C21H27NO3/c1-21(2)24-19(20(25-21)18-11-7-4-8-12-18)16-22(13-14-23)15-17-9-5-3-6-10-17/h3-12,19-20,23H,13-16H2,1-2H3/t19-,20-/m0/s1. The van der Waals surface area contributed by atoms with Gasteiger partial charge in [-0.3, -0.25) is 4.90 Å². The van der Waals surface area contributed by atoms with Gasteiger partial charge < -0.3 is 14.6 Å². The van der Waals surface area contributed by atoms with Crippen LogP contribution < -0.4 is 0 Å². The van der Waals surface area contributed by atoms with Crippen molar-refractivity contribution in [1.82, 2.24) is 4.90 Å². The van der Waals surface area contributed by atoms with Crippen molar-refractivity contribution in [1.29, 1.82) is 0 Å². The summed E-state index contributed by atoms with van der Waals surface area (Å²) in [4.78, 5) is 2.22. The molecule has 25 heavy (non-hydrogen) atoms. The molecule has 0 amide bonds. The number of benzene rings is 2. The molecule has 134 valence electrons. The van der Waals surface area contributed by atoms with E-state index in [0.29, 0.717) is 13.1 Å². The molecule has 1 N–H and O–H groups in total. The summed E-state index contributed by atoms with van der Waals surface area (Å²) in [7, 11) is 0. The number of hydrogen-bond donors (Lipinski definition) is 1. The molecule has 3 rings (SSSR count). The topological polar surface area (TPSA) is 41.9 Å². The van der Waals surface area contributed by atoms with Crippen LogP contribution in [0.2, 0.25) is 0 Å². The monoisotopic (exact) mass is 341 g/mol. The first kappa shape index (κ1) is 18.1. The Morgan fingerprint density at radius 1 is 0.960 bits per heavy atom. The highest BCUT2D eigenvalue weighted by molar-refractivity contribution is 5.20. The Hall–Kier alpha value is -1.72. The lowest BCUT2D eigenvalue weighted by molar-refractivity contribution is -0.148. The van der Waals surface area contributed by atoms with Crippen molar-refractivity contribution in [2.24, 2.45) is 0 Å². The number of ether oxygens (including phenoxy) is 2. The van der Waals surface area contributed by atoms with Gasteiger partial charge in [-0.1, -0.05) is 60.7 Å². The van der Waals surface area contributed by atoms with E-state index in [9.17, 15) is 5.11 Å². The predicted octanol–water partition coefficient (Wildman–Crippen LogP) is 3.37. The molecule has 0 spiro atoms. The van der Waals surface area contributed by atoms with E-state index in [-0.39, 0.29) is 18.8 Å². The Morgan fingerprint density at radius 2 is 1.60 bits per heavy atom. The largest absolute Gasteiger partial charge is 0.395 e. The molecule has 1 aliphatic heterocycles. The van der Waals surface area contributed by atoms with Crippen LogP contribution in [0, 0.1) is 0 Å². The van der Waals surface area contributed by atoms with Crippen LogP contribution in [0.25, 0.3) is 0 Å². The van der Waals surface area contributed by atoms with Gasteiger partial charge in [0.25, 0.3) is 0 Å². The van der Waals surface area contributed by atoms with Crippen LogP contribution in [0.3, 0.4) is 0 Å². The average molecular weight is 341 g/mol. The summed E-state index contributed by atoms with van der Waals surface area (Å²) in [5.74, 6) is -0.608. The van der Waals surface area contributed by atoms with Crippen LogP contribution >= 0.6 is 0 Å². The minimum absolute atomic E-state index is 0.0762. The highest BCUT2D eigenvalue weighted by Crippen LogP contribution is 2.38. The third-order valence-electron chi connectivity index (χ3n) is 4.42. The second-order valence-electron chi connectivity index (χ2n) is 6.95. The van der Waals surface area contributed by atoms with E-state index in [1.54, 1.807) is 0 Å². The molecule has 1 aliphatic rings. The molecule has 0 aromatic heterocycles. The number of aliphatic hydroxyl groups is 1. The molecule has 0 radical (unpaired) electrons. The van der Waals surface area contributed by atoms with Crippen LogP contribution in [0.5, 0.6) is 0 Å². The molecule has 2 atom stereocenters. The van der Waals surface area contributed by atoms with Crippen molar-refractivity contribution in [2.75, 3.05) is 19.7 Å². The zero-order valence-electron chi connectivity index (χ0n) is 15.0. The van der Waals surface area contributed by atoms with Gasteiger partial charge in [0.15, 0.2) is 5.79 Å². The van der Waals surface area contributed by atoms with E-state index in [2.05, 4.69) is 29.2 Å². The SMILES string of the molecule is CC1(C)O[C@@H](CN(CCO)Cc2ccccc2)[C@H](c2ccccc2)O1. The molecule has 1 saturated heterocycles. The lowest BCUT2D eigenvalue weighted by Gasteiger charge is -2.27. The third-order valence-corrected chi connectivity index (χ3v) is 4.42. The Kier molecular flexibility index (Phi) is 5.86. The number of aliphatic hydroxyl groups excluding tert-OH is 1. The van der Waals surface area contributed by atoms with Crippen molar-refractivity contribution < 1.29 is 14.6 Å². The van der Waals surface area contributed by atoms with Gasteiger partial charge in [0, 0.05) is 19.6 Å². The maximum atomic E-state index is 9.46. The fraction of sp³-hybridized carbons (Fsp3) is 0.429. The number of nitrogens with zero attached hydrogens (tertiary/aromatic N) is 1. The first-order chi connectivity index (χ1) is 12.1. The van der Waals surface area contributed by atoms with Gasteiger partial charge in [0.1, 0.15) is 12.2 Å². The van der Waals surface area contributed by atoms with E-state index in [4.69, 9.17) is 9.47 Å². The maximum Gasteiger partial charge on any atom is 0.164 e. The molecule has 1 heterocycles. The summed E-state index contributed by atoms with van der Waals surface area (Å²) in [5.41, 5.74) is 2.35. The number of hydrogen-bond acceptors (Lipinski definition) is 4. The molecular formula is C21H27NO3. The van der Waals surface area contributed by atoms with E-state index in [0.717, 1.165) is 12.1 Å². The van der Waals surface area contributed by atoms with Crippen LogP contribution in [-0.4, -0.2) is 41.6 Å². The van der Waals surface area contributed by atoms with Crippen LogP contribution in [0.1, 0.15) is 31.1 Å². The van der Waals surface area contributed by atoms with Gasteiger partial charge in [0.05, 0.1) is 6.61 Å². The Balaban J connectivity index is 1.74. The molecule has 0 unspecified atom stereocenters. The summed E-state index contributed by atoms with van der Waals surface area (Å²) < 4.78 is 12.4. The maximum absolute atomic E-state index is 9.46. The molecule has 2 aromatic carbocycles. The van der Waals surface area contributed by atoms with E-state index < -0.39 is 5.79 Å². The normalized spacial score (nSPS) is 22.4. The lowest BCUT2D eigenvalue weighted by Crippen LogP contribution is -2.37. The lowest BCUT2D eigenvalue weighted by atomic mass is 10.0. The second kappa shape index (κ2) is 8.11. The molecular weight excluding hydrogens is 314 g/mol. The first-order valence-corrected chi connectivity index (χ1v) is 8.85. The Labute approximate surface area is 150 Å². The van der Waals surface area contributed by atoms with Gasteiger partial charge in [-0.05, 0) is 25.0 Å². The van der Waals surface area contributed by atoms with Gasteiger partial charge in [-0.2, -0.15) is 0 Å². The molecule has 1 fully saturated rings. The van der Waals surface area contributed by atoms with Crippen molar-refractivity contribution in [3.8, 4) is 0 Å². The predicted molar refractivity (Wildman–Crippen MR) is 98.0 cm³/mol. The Morgan fingerprint density at radius 3 is 2.24 bits per heavy atom. The second-order valence-corrected chi connectivity index (χ2v) is 6.95. The highest BCUT2D eigenvalue weighted by Gasteiger charge is 2.42. The molecule has 4 heteroatoms. The minimum Gasteiger partial charge on any atom is -0.395 e. The quantitative estimate of drug-likeness (QED) is 0.838. The van der Waals surface area contributed by atoms with Crippen LogP contribution in [-0.2, 0) is 16.0 Å². The van der Waals surface area contributed by atoms with Crippen LogP contribution in [0.4, 0.5) is 0 Å². The first-order valence-electron chi connectivity index (χ1n) is 8.85. The van der Waals surface area contributed by atoms with Crippen molar-refractivity contribution >= 4 is 0 Å². The van der Waals surface area contributed by atoms with E-state index >= 15 is 0 Å². The summed E-state index contributed by atoms with van der Waals surface area (Å²) in [6, 6.07) is 20.5. The van der Waals surface area contributed by atoms with Crippen molar-refractivity contribution in [3.63, 3.8) is 0 Å². The fourth-order valence-electron chi connectivity index (χ4n) is 3.37. The summed E-state index contributed by atoms with van der Waals surface area (Å²) in [6.45, 7) is 6.13. The van der Waals surface area contributed by atoms with Crippen molar-refractivity contribution in [3.05, 3.63) is 71.8 Å². The fourth-order valence-corrected chi connectivity index (χ4v) is 3.37.